The molecule has 27 heavy (non-hydrogen) atoms. The Bertz CT molecular complexity index is 1030. The van der Waals surface area contributed by atoms with Crippen molar-refractivity contribution in [2.24, 2.45) is 0 Å². The van der Waals surface area contributed by atoms with Gasteiger partial charge in [0.25, 0.3) is 0 Å². The Morgan fingerprint density at radius 3 is 2.67 bits per heavy atom. The van der Waals surface area contributed by atoms with Crippen LogP contribution in [0.25, 0.3) is 11.4 Å². The van der Waals surface area contributed by atoms with Crippen LogP contribution in [-0.2, 0) is 13.1 Å². The quantitative estimate of drug-likeness (QED) is 0.677. The number of nitrogens with one attached hydrogen (secondary N) is 1. The van der Waals surface area contributed by atoms with Crippen LogP contribution >= 0.6 is 12.2 Å². The van der Waals surface area contributed by atoms with Crippen LogP contribution in [0, 0.1) is 16.4 Å². The summed E-state index contributed by atoms with van der Waals surface area (Å²) in [5, 5.41) is 3.19. The largest absolute Gasteiger partial charge is 0.497 e. The van der Waals surface area contributed by atoms with E-state index in [4.69, 9.17) is 17.0 Å². The minimum atomic E-state index is -0.840. The second kappa shape index (κ2) is 7.11. The van der Waals surface area contributed by atoms with Gasteiger partial charge in [-0.05, 0) is 61.0 Å². The lowest BCUT2D eigenvalue weighted by atomic mass is 10.0. The number of hydrogen-bond donors (Lipinski definition) is 1. The number of fused-ring (bicyclic) bond motifs is 1. The fraction of sp³-hybridized carbons (Fsp3) is 0.263. The molecule has 0 spiro atoms. The van der Waals surface area contributed by atoms with Crippen molar-refractivity contribution in [3.8, 4) is 17.1 Å². The molecule has 2 aromatic carbocycles. The van der Waals surface area contributed by atoms with E-state index in [0.717, 1.165) is 36.3 Å². The molecule has 0 fully saturated rings. The Kier molecular flexibility index (Phi) is 4.65. The first-order valence-corrected chi connectivity index (χ1v) is 9.00. The number of nitrogens with zero attached hydrogens (tertiary/aromatic N) is 3. The van der Waals surface area contributed by atoms with Crippen molar-refractivity contribution < 1.29 is 13.5 Å². The maximum Gasteiger partial charge on any atom is 0.218 e. The first-order chi connectivity index (χ1) is 13.0. The Morgan fingerprint density at radius 2 is 1.93 bits per heavy atom. The Balaban J connectivity index is 1.62. The number of rotatable bonds is 4. The standard InChI is InChI=1S/C19H18F2N4OS/c1-26-14-6-4-12(5-7-14)18-22-19(27)25(23-18)11-24-8-2-3-13-9-15(20)16(21)10-17(13)24/h4-7,9-10H,2-3,8,11H2,1H3,(H,22,23,27). The van der Waals surface area contributed by atoms with Gasteiger partial charge < -0.3 is 9.64 Å². The first-order valence-electron chi connectivity index (χ1n) is 8.59. The molecule has 0 aliphatic carbocycles. The number of aromatic amines is 1. The minimum Gasteiger partial charge on any atom is -0.497 e. The molecule has 4 rings (SSSR count). The summed E-state index contributed by atoms with van der Waals surface area (Å²) in [5.74, 6) is -0.246. The molecule has 1 aliphatic heterocycles. The van der Waals surface area contributed by atoms with Gasteiger partial charge in [0.05, 0.1) is 7.11 Å². The molecule has 0 radical (unpaired) electrons. The molecular formula is C19H18F2N4OS. The molecule has 3 aromatic rings. The molecule has 0 saturated carbocycles. The van der Waals surface area contributed by atoms with Gasteiger partial charge >= 0.3 is 0 Å². The van der Waals surface area contributed by atoms with Gasteiger partial charge in [0, 0.05) is 23.9 Å². The second-order valence-corrected chi connectivity index (χ2v) is 6.78. The Hall–Kier alpha value is -2.74. The van der Waals surface area contributed by atoms with E-state index >= 15 is 0 Å². The molecule has 1 aliphatic rings. The zero-order chi connectivity index (χ0) is 19.0. The number of ether oxygens (including phenoxy) is 1. The normalized spacial score (nSPS) is 13.5. The number of aryl methyl sites for hydroxylation is 1. The first kappa shape index (κ1) is 17.7. The molecule has 0 saturated heterocycles. The fourth-order valence-electron chi connectivity index (χ4n) is 3.30. The van der Waals surface area contributed by atoms with Gasteiger partial charge in [-0.25, -0.2) is 13.5 Å². The third kappa shape index (κ3) is 3.44. The number of anilines is 1. The number of aromatic nitrogens is 3. The van der Waals surface area contributed by atoms with E-state index in [1.165, 1.54) is 12.1 Å². The number of hydrogen-bond acceptors (Lipinski definition) is 4. The monoisotopic (exact) mass is 388 g/mol. The van der Waals surface area contributed by atoms with Crippen molar-refractivity contribution in [2.45, 2.75) is 19.5 Å². The highest BCUT2D eigenvalue weighted by Gasteiger charge is 2.20. The molecule has 0 unspecified atom stereocenters. The maximum absolute atomic E-state index is 13.7. The molecule has 0 amide bonds. The summed E-state index contributed by atoms with van der Waals surface area (Å²) in [4.78, 5) is 6.39. The highest BCUT2D eigenvalue weighted by molar-refractivity contribution is 7.71. The van der Waals surface area contributed by atoms with Crippen LogP contribution in [0.15, 0.2) is 36.4 Å². The third-order valence-electron chi connectivity index (χ3n) is 4.69. The van der Waals surface area contributed by atoms with E-state index in [1.807, 2.05) is 29.2 Å². The molecular weight excluding hydrogens is 370 g/mol. The minimum absolute atomic E-state index is 0.389. The lowest BCUT2D eigenvalue weighted by Gasteiger charge is -2.31. The molecule has 5 nitrogen and oxygen atoms in total. The average molecular weight is 388 g/mol. The molecule has 0 bridgehead atoms. The van der Waals surface area contributed by atoms with E-state index in [2.05, 4.69) is 10.1 Å². The SMILES string of the molecule is COc1ccc(-c2nc(=S)n(CN3CCCc4cc(F)c(F)cc43)[nH]2)cc1. The highest BCUT2D eigenvalue weighted by atomic mass is 32.1. The fourth-order valence-corrected chi connectivity index (χ4v) is 3.50. The predicted octanol–water partition coefficient (Wildman–Crippen LogP) is 4.30. The summed E-state index contributed by atoms with van der Waals surface area (Å²) >= 11 is 5.37. The lowest BCUT2D eigenvalue weighted by molar-refractivity contribution is 0.415. The zero-order valence-corrected chi connectivity index (χ0v) is 15.5. The van der Waals surface area contributed by atoms with E-state index < -0.39 is 11.6 Å². The third-order valence-corrected chi connectivity index (χ3v) is 5.00. The van der Waals surface area contributed by atoms with Crippen LogP contribution in [0.1, 0.15) is 12.0 Å². The number of methoxy groups -OCH3 is 1. The van der Waals surface area contributed by atoms with E-state index in [9.17, 15) is 8.78 Å². The predicted molar refractivity (Wildman–Crippen MR) is 101 cm³/mol. The smallest absolute Gasteiger partial charge is 0.218 e. The summed E-state index contributed by atoms with van der Waals surface area (Å²) in [6.07, 6.45) is 1.60. The maximum atomic E-state index is 13.7. The number of halogens is 2. The summed E-state index contributed by atoms with van der Waals surface area (Å²) in [6.45, 7) is 1.12. The van der Waals surface area contributed by atoms with Crippen molar-refractivity contribution in [2.75, 3.05) is 18.6 Å². The summed E-state index contributed by atoms with van der Waals surface area (Å²) in [5.41, 5.74) is 2.39. The van der Waals surface area contributed by atoms with Gasteiger partial charge in [-0.2, -0.15) is 4.98 Å². The average Bonchev–Trinajstić information content (AvgIpc) is 3.04. The molecule has 8 heteroatoms. The van der Waals surface area contributed by atoms with Gasteiger partial charge in [0.2, 0.25) is 4.77 Å². The van der Waals surface area contributed by atoms with Crippen LogP contribution in [0.3, 0.4) is 0 Å². The van der Waals surface area contributed by atoms with E-state index in [0.29, 0.717) is 23.0 Å². The van der Waals surface area contributed by atoms with Crippen LogP contribution in [0.2, 0.25) is 0 Å². The van der Waals surface area contributed by atoms with Gasteiger partial charge in [-0.3, -0.25) is 5.10 Å². The molecule has 2 heterocycles. The van der Waals surface area contributed by atoms with Gasteiger partial charge in [0.15, 0.2) is 17.5 Å². The van der Waals surface area contributed by atoms with Gasteiger partial charge in [-0.15, -0.1) is 0 Å². The highest BCUT2D eigenvalue weighted by Crippen LogP contribution is 2.30. The van der Waals surface area contributed by atoms with Crippen molar-refractivity contribution in [3.05, 3.63) is 58.4 Å². The van der Waals surface area contributed by atoms with Crippen LogP contribution in [0.5, 0.6) is 5.75 Å². The zero-order valence-electron chi connectivity index (χ0n) is 14.7. The summed E-state index contributed by atoms with van der Waals surface area (Å²) in [7, 11) is 1.61. The van der Waals surface area contributed by atoms with Crippen LogP contribution in [0.4, 0.5) is 14.5 Å². The van der Waals surface area contributed by atoms with Crippen molar-refractivity contribution >= 4 is 17.9 Å². The van der Waals surface area contributed by atoms with Crippen LogP contribution in [-0.4, -0.2) is 28.4 Å². The molecule has 140 valence electrons. The Labute approximate surface area is 160 Å². The summed E-state index contributed by atoms with van der Waals surface area (Å²) in [6, 6.07) is 10.0. The molecule has 1 N–H and O–H groups in total. The molecule has 0 atom stereocenters. The van der Waals surface area contributed by atoms with Crippen LogP contribution < -0.4 is 9.64 Å². The topological polar surface area (TPSA) is 46.1 Å². The molecule has 1 aromatic heterocycles. The van der Waals surface area contributed by atoms with Gasteiger partial charge in [-0.1, -0.05) is 0 Å². The van der Waals surface area contributed by atoms with Crippen molar-refractivity contribution in [1.82, 2.24) is 14.8 Å². The number of H-pyrrole nitrogens is 1. The second-order valence-electron chi connectivity index (χ2n) is 6.41. The lowest BCUT2D eigenvalue weighted by Crippen LogP contribution is -2.32. The number of benzene rings is 2. The van der Waals surface area contributed by atoms with E-state index in [1.54, 1.807) is 11.8 Å². The van der Waals surface area contributed by atoms with E-state index in [-0.39, 0.29) is 0 Å². The van der Waals surface area contributed by atoms with Gasteiger partial charge in [0.1, 0.15) is 12.4 Å². The summed E-state index contributed by atoms with van der Waals surface area (Å²) < 4.78 is 34.5. The Morgan fingerprint density at radius 1 is 1.19 bits per heavy atom. The van der Waals surface area contributed by atoms with Crippen molar-refractivity contribution in [3.63, 3.8) is 0 Å². The van der Waals surface area contributed by atoms with Crippen molar-refractivity contribution in [1.29, 1.82) is 0 Å².